The van der Waals surface area contributed by atoms with E-state index in [9.17, 15) is 22.4 Å². The van der Waals surface area contributed by atoms with Gasteiger partial charge in [-0.1, -0.05) is 42.2 Å². The van der Waals surface area contributed by atoms with Crippen LogP contribution in [0.1, 0.15) is 12.0 Å². The summed E-state index contributed by atoms with van der Waals surface area (Å²) in [5, 5.41) is 0. The Morgan fingerprint density at radius 1 is 1.44 bits per heavy atom. The number of halogens is 1. The van der Waals surface area contributed by atoms with Crippen molar-refractivity contribution >= 4 is 56.0 Å². The Morgan fingerprint density at radius 2 is 2.15 bits per heavy atom. The number of likely N-dealkylation sites (N-methyl/N-ethyl adjacent to an activating group) is 1. The van der Waals surface area contributed by atoms with Crippen LogP contribution in [0.5, 0.6) is 0 Å². The second-order valence-corrected chi connectivity index (χ2v) is 10.3. The van der Waals surface area contributed by atoms with Gasteiger partial charge in [-0.2, -0.15) is 0 Å². The summed E-state index contributed by atoms with van der Waals surface area (Å²) in [6.45, 7) is -0.272. The standard InChI is InChI=1S/C17H17FN2O4S3/c1-19(12-6-7-27(23,24)10-12)15(21)9-20-16(22)14(26-17(20)25)8-11-4-2-3-5-13(11)18/h2-5,8,12H,6-7,9-10H2,1H3/b14-8+. The second-order valence-electron chi connectivity index (χ2n) is 6.35. The number of carbonyl (C=O) groups is 2. The van der Waals surface area contributed by atoms with E-state index in [0.29, 0.717) is 6.42 Å². The maximum atomic E-state index is 13.8. The van der Waals surface area contributed by atoms with E-state index in [1.807, 2.05) is 0 Å². The van der Waals surface area contributed by atoms with Crippen molar-refractivity contribution in [2.75, 3.05) is 25.1 Å². The first kappa shape index (κ1) is 20.0. The highest BCUT2D eigenvalue weighted by Crippen LogP contribution is 2.33. The van der Waals surface area contributed by atoms with E-state index in [0.717, 1.165) is 16.7 Å². The minimum Gasteiger partial charge on any atom is -0.340 e. The first-order valence-electron chi connectivity index (χ1n) is 8.14. The van der Waals surface area contributed by atoms with Crippen molar-refractivity contribution in [3.05, 3.63) is 40.6 Å². The smallest absolute Gasteiger partial charge is 0.266 e. The van der Waals surface area contributed by atoms with E-state index in [-0.39, 0.29) is 38.7 Å². The summed E-state index contributed by atoms with van der Waals surface area (Å²) in [6.07, 6.45) is 1.79. The van der Waals surface area contributed by atoms with Crippen LogP contribution < -0.4 is 0 Å². The molecule has 2 fully saturated rings. The molecule has 0 bridgehead atoms. The molecule has 144 valence electrons. The maximum Gasteiger partial charge on any atom is 0.266 e. The molecule has 1 atom stereocenters. The van der Waals surface area contributed by atoms with Gasteiger partial charge < -0.3 is 4.90 Å². The lowest BCUT2D eigenvalue weighted by Crippen LogP contribution is -2.45. The second kappa shape index (κ2) is 7.69. The quantitative estimate of drug-likeness (QED) is 0.537. The Hall–Kier alpha value is -1.78. The van der Waals surface area contributed by atoms with E-state index >= 15 is 0 Å². The van der Waals surface area contributed by atoms with Crippen molar-refractivity contribution < 1.29 is 22.4 Å². The Kier molecular flexibility index (Phi) is 5.68. The molecule has 0 N–H and O–H groups in total. The molecule has 3 rings (SSSR count). The van der Waals surface area contributed by atoms with Crippen molar-refractivity contribution in [1.82, 2.24) is 9.80 Å². The zero-order valence-electron chi connectivity index (χ0n) is 14.4. The largest absolute Gasteiger partial charge is 0.340 e. The molecule has 1 aromatic rings. The molecule has 2 aliphatic rings. The fourth-order valence-electron chi connectivity index (χ4n) is 2.90. The molecule has 2 aliphatic heterocycles. The van der Waals surface area contributed by atoms with Crippen molar-refractivity contribution in [3.63, 3.8) is 0 Å². The summed E-state index contributed by atoms with van der Waals surface area (Å²) in [7, 11) is -1.59. The van der Waals surface area contributed by atoms with Gasteiger partial charge in [0.25, 0.3) is 5.91 Å². The van der Waals surface area contributed by atoms with Crippen molar-refractivity contribution in [2.45, 2.75) is 12.5 Å². The van der Waals surface area contributed by atoms with Gasteiger partial charge >= 0.3 is 0 Å². The number of hydrogen-bond acceptors (Lipinski definition) is 6. The molecule has 0 aliphatic carbocycles. The fourth-order valence-corrected chi connectivity index (χ4v) is 5.92. The molecular weight excluding hydrogens is 411 g/mol. The third kappa shape index (κ3) is 4.39. The lowest BCUT2D eigenvalue weighted by molar-refractivity contribution is -0.135. The summed E-state index contributed by atoms with van der Waals surface area (Å²) < 4.78 is 37.2. The van der Waals surface area contributed by atoms with Crippen LogP contribution in [0.25, 0.3) is 6.08 Å². The predicted molar refractivity (Wildman–Crippen MR) is 106 cm³/mol. The van der Waals surface area contributed by atoms with Crippen LogP contribution in [0.15, 0.2) is 29.2 Å². The van der Waals surface area contributed by atoms with E-state index in [1.54, 1.807) is 18.2 Å². The van der Waals surface area contributed by atoms with Crippen LogP contribution in [-0.4, -0.2) is 65.5 Å². The highest BCUT2D eigenvalue weighted by atomic mass is 32.2. The number of hydrogen-bond donors (Lipinski definition) is 0. The number of thiocarbonyl (C=S) groups is 1. The van der Waals surface area contributed by atoms with Crippen LogP contribution in [0, 0.1) is 5.82 Å². The highest BCUT2D eigenvalue weighted by Gasteiger charge is 2.37. The molecular formula is C17H17FN2O4S3. The van der Waals surface area contributed by atoms with Gasteiger partial charge in [0, 0.05) is 18.7 Å². The van der Waals surface area contributed by atoms with Gasteiger partial charge in [0.05, 0.1) is 16.4 Å². The molecule has 2 saturated heterocycles. The van der Waals surface area contributed by atoms with E-state index in [4.69, 9.17) is 12.2 Å². The van der Waals surface area contributed by atoms with Gasteiger partial charge in [0.15, 0.2) is 9.84 Å². The van der Waals surface area contributed by atoms with Crippen LogP contribution in [-0.2, 0) is 19.4 Å². The van der Waals surface area contributed by atoms with E-state index in [2.05, 4.69) is 0 Å². The van der Waals surface area contributed by atoms with Gasteiger partial charge in [-0.05, 0) is 18.6 Å². The molecule has 0 aromatic heterocycles. The van der Waals surface area contributed by atoms with Gasteiger partial charge in [-0.25, -0.2) is 12.8 Å². The van der Waals surface area contributed by atoms with Crippen LogP contribution in [0.3, 0.4) is 0 Å². The van der Waals surface area contributed by atoms with Gasteiger partial charge in [0.2, 0.25) is 5.91 Å². The summed E-state index contributed by atoms with van der Waals surface area (Å²) in [5.74, 6) is -1.32. The van der Waals surface area contributed by atoms with Crippen molar-refractivity contribution in [3.8, 4) is 0 Å². The van der Waals surface area contributed by atoms with Gasteiger partial charge in [-0.15, -0.1) is 0 Å². The van der Waals surface area contributed by atoms with Gasteiger partial charge in [-0.3, -0.25) is 14.5 Å². The minimum atomic E-state index is -3.12. The van der Waals surface area contributed by atoms with E-state index in [1.165, 1.54) is 24.1 Å². The summed E-state index contributed by atoms with van der Waals surface area (Å²) >= 11 is 6.19. The number of nitrogens with zero attached hydrogens (tertiary/aromatic N) is 2. The number of carbonyl (C=O) groups excluding carboxylic acids is 2. The molecule has 10 heteroatoms. The lowest BCUT2D eigenvalue weighted by atomic mass is 10.2. The average Bonchev–Trinajstić information content (AvgIpc) is 3.10. The molecule has 1 aromatic carbocycles. The first-order chi connectivity index (χ1) is 12.7. The zero-order chi connectivity index (χ0) is 19.8. The number of thioether (sulfide) groups is 1. The SMILES string of the molecule is CN(C(=O)CN1C(=O)/C(=C\c2ccccc2F)SC1=S)C1CCS(=O)(=O)C1. The Bertz CT molecular complexity index is 945. The average molecular weight is 429 g/mol. The molecule has 6 nitrogen and oxygen atoms in total. The van der Waals surface area contributed by atoms with Crippen LogP contribution in [0.4, 0.5) is 4.39 Å². The van der Waals surface area contributed by atoms with Crippen LogP contribution >= 0.6 is 24.0 Å². The summed E-state index contributed by atoms with van der Waals surface area (Å²) in [6, 6.07) is 5.65. The minimum absolute atomic E-state index is 0.0573. The molecule has 0 spiro atoms. The third-order valence-electron chi connectivity index (χ3n) is 4.51. The molecule has 27 heavy (non-hydrogen) atoms. The number of benzene rings is 1. The number of sulfone groups is 1. The highest BCUT2D eigenvalue weighted by molar-refractivity contribution is 8.26. The molecule has 0 radical (unpaired) electrons. The molecule has 0 saturated carbocycles. The number of amides is 2. The number of rotatable bonds is 4. The van der Waals surface area contributed by atoms with Gasteiger partial charge in [0.1, 0.15) is 16.7 Å². The van der Waals surface area contributed by atoms with Crippen molar-refractivity contribution in [2.24, 2.45) is 0 Å². The topological polar surface area (TPSA) is 74.8 Å². The Balaban J connectivity index is 1.70. The Morgan fingerprint density at radius 3 is 2.78 bits per heavy atom. The summed E-state index contributed by atoms with van der Waals surface area (Å²) in [4.78, 5) is 27.8. The normalized spacial score (nSPS) is 23.3. The maximum absolute atomic E-state index is 13.8. The monoisotopic (exact) mass is 428 g/mol. The van der Waals surface area contributed by atoms with E-state index < -0.39 is 27.6 Å². The molecule has 2 amide bonds. The summed E-state index contributed by atoms with van der Waals surface area (Å²) in [5.41, 5.74) is 0.262. The molecule has 1 unspecified atom stereocenters. The zero-order valence-corrected chi connectivity index (χ0v) is 16.9. The van der Waals surface area contributed by atoms with Crippen molar-refractivity contribution in [1.29, 1.82) is 0 Å². The van der Waals surface area contributed by atoms with Crippen LogP contribution in [0.2, 0.25) is 0 Å². The predicted octanol–water partition coefficient (Wildman–Crippen LogP) is 1.67. The lowest BCUT2D eigenvalue weighted by Gasteiger charge is -2.25. The fraction of sp³-hybridized carbons (Fsp3) is 0.353. The third-order valence-corrected chi connectivity index (χ3v) is 7.64. The first-order valence-corrected chi connectivity index (χ1v) is 11.2. The Labute approximate surface area is 166 Å². The molecule has 2 heterocycles.